The molecule has 0 fully saturated rings. The van der Waals surface area contributed by atoms with Crippen molar-refractivity contribution in [3.63, 3.8) is 0 Å². The van der Waals surface area contributed by atoms with E-state index in [9.17, 15) is 4.79 Å². The molecule has 190 valence electrons. The number of amides is 2. The van der Waals surface area contributed by atoms with E-state index < -0.39 is 0 Å². The summed E-state index contributed by atoms with van der Waals surface area (Å²) in [5.41, 5.74) is 11.1. The fraction of sp³-hybridized carbons (Fsp3) is 0.370. The van der Waals surface area contributed by atoms with Crippen molar-refractivity contribution in [2.45, 2.75) is 60.2 Å². The number of nitrogens with two attached hydrogens (primary N) is 1. The van der Waals surface area contributed by atoms with Gasteiger partial charge in [-0.3, -0.25) is 0 Å². The van der Waals surface area contributed by atoms with Crippen LogP contribution < -0.4 is 21.1 Å². The molecule has 4 N–H and O–H groups in total. The smallest absolute Gasteiger partial charge is 0.319 e. The Labute approximate surface area is 211 Å². The lowest BCUT2D eigenvalue weighted by Gasteiger charge is -2.16. The minimum Gasteiger partial charge on any atom is -0.484 e. The molecule has 0 bridgehead atoms. The standard InChI is InChI=1S/C27H34N6O3/c1-6-17(4)14-33-23-13-21(35-15-24-32-31-18(5)36-24)11-12-22(23)25(28)26(33)19-7-9-20(10-8-19)30-27(34)29-16(2)3/h7-13,16-17H,6,14-15,28H2,1-5H3,(H2,29,30,34). The normalized spacial score (nSPS) is 12.2. The molecule has 0 saturated heterocycles. The van der Waals surface area contributed by atoms with Crippen LogP contribution in [0.4, 0.5) is 16.2 Å². The van der Waals surface area contributed by atoms with E-state index in [4.69, 9.17) is 14.9 Å². The van der Waals surface area contributed by atoms with Gasteiger partial charge in [-0.1, -0.05) is 32.4 Å². The van der Waals surface area contributed by atoms with E-state index >= 15 is 0 Å². The van der Waals surface area contributed by atoms with Crippen LogP contribution in [0.15, 0.2) is 46.9 Å². The predicted octanol–water partition coefficient (Wildman–Crippen LogP) is 5.74. The molecule has 2 aromatic heterocycles. The first-order valence-electron chi connectivity index (χ1n) is 12.3. The summed E-state index contributed by atoms with van der Waals surface area (Å²) in [6.07, 6.45) is 1.04. The molecule has 2 heterocycles. The van der Waals surface area contributed by atoms with E-state index in [1.807, 2.05) is 56.3 Å². The van der Waals surface area contributed by atoms with Gasteiger partial charge in [-0.05, 0) is 44.0 Å². The van der Waals surface area contributed by atoms with Gasteiger partial charge in [0.25, 0.3) is 5.89 Å². The SMILES string of the molecule is CCC(C)Cn1c(-c2ccc(NC(=O)NC(C)C)cc2)c(N)c2ccc(OCc3nnc(C)o3)cc21. The maximum atomic E-state index is 12.1. The molecule has 2 amide bonds. The monoisotopic (exact) mass is 490 g/mol. The number of hydrogen-bond acceptors (Lipinski definition) is 6. The van der Waals surface area contributed by atoms with E-state index in [1.54, 1.807) is 6.92 Å². The molecule has 0 saturated carbocycles. The van der Waals surface area contributed by atoms with Crippen molar-refractivity contribution in [1.82, 2.24) is 20.1 Å². The van der Waals surface area contributed by atoms with Crippen LogP contribution in [-0.2, 0) is 13.2 Å². The number of nitrogens with zero attached hydrogens (tertiary/aromatic N) is 3. The van der Waals surface area contributed by atoms with E-state index in [2.05, 4.69) is 39.2 Å². The molecular formula is C27H34N6O3. The zero-order valence-corrected chi connectivity index (χ0v) is 21.5. The van der Waals surface area contributed by atoms with Crippen LogP contribution in [-0.4, -0.2) is 26.8 Å². The van der Waals surface area contributed by atoms with Gasteiger partial charge >= 0.3 is 6.03 Å². The Morgan fingerprint density at radius 1 is 1.14 bits per heavy atom. The van der Waals surface area contributed by atoms with E-state index in [0.717, 1.165) is 35.1 Å². The zero-order valence-electron chi connectivity index (χ0n) is 21.5. The Morgan fingerprint density at radius 2 is 1.89 bits per heavy atom. The van der Waals surface area contributed by atoms with Gasteiger partial charge in [0.2, 0.25) is 5.89 Å². The van der Waals surface area contributed by atoms with Crippen molar-refractivity contribution in [3.05, 3.63) is 54.2 Å². The molecular weight excluding hydrogens is 456 g/mol. The topological polar surface area (TPSA) is 120 Å². The second-order valence-electron chi connectivity index (χ2n) is 9.40. The zero-order chi connectivity index (χ0) is 25.8. The number of carbonyl (C=O) groups excluding carboxylic acids is 1. The number of benzene rings is 2. The van der Waals surface area contributed by atoms with Crippen LogP contribution in [0.1, 0.15) is 45.9 Å². The van der Waals surface area contributed by atoms with Gasteiger partial charge in [-0.25, -0.2) is 4.79 Å². The minimum atomic E-state index is -0.230. The number of urea groups is 1. The Kier molecular flexibility index (Phi) is 7.47. The van der Waals surface area contributed by atoms with Crippen molar-refractivity contribution in [2.75, 3.05) is 11.1 Å². The van der Waals surface area contributed by atoms with Crippen LogP contribution in [0.3, 0.4) is 0 Å². The molecule has 36 heavy (non-hydrogen) atoms. The molecule has 1 atom stereocenters. The van der Waals surface area contributed by atoms with Crippen molar-refractivity contribution in [2.24, 2.45) is 5.92 Å². The summed E-state index contributed by atoms with van der Waals surface area (Å²) in [6, 6.07) is 13.5. The molecule has 9 heteroatoms. The predicted molar refractivity (Wildman–Crippen MR) is 142 cm³/mol. The van der Waals surface area contributed by atoms with Crippen LogP contribution in [0, 0.1) is 12.8 Å². The minimum absolute atomic E-state index is 0.0605. The van der Waals surface area contributed by atoms with Crippen LogP contribution in [0.25, 0.3) is 22.2 Å². The fourth-order valence-corrected chi connectivity index (χ4v) is 4.07. The van der Waals surface area contributed by atoms with Crippen LogP contribution >= 0.6 is 0 Å². The second-order valence-corrected chi connectivity index (χ2v) is 9.40. The Hall–Kier alpha value is -4.01. The number of aryl methyl sites for hydroxylation is 1. The Bertz CT molecular complexity index is 1340. The first kappa shape index (κ1) is 25.1. The lowest BCUT2D eigenvalue weighted by Crippen LogP contribution is -2.34. The lowest BCUT2D eigenvalue weighted by atomic mass is 10.1. The third kappa shape index (κ3) is 5.62. The molecule has 0 aliphatic rings. The molecule has 1 unspecified atom stereocenters. The number of ether oxygens (including phenoxy) is 1. The molecule has 0 aliphatic heterocycles. The third-order valence-electron chi connectivity index (χ3n) is 6.03. The number of anilines is 2. The Morgan fingerprint density at radius 3 is 2.53 bits per heavy atom. The molecule has 0 spiro atoms. The van der Waals surface area contributed by atoms with Gasteiger partial charge in [0.1, 0.15) is 5.75 Å². The number of nitrogens with one attached hydrogen (secondary N) is 2. The molecule has 0 radical (unpaired) electrons. The van der Waals surface area contributed by atoms with Crippen molar-refractivity contribution in [1.29, 1.82) is 0 Å². The number of rotatable bonds is 9. The fourth-order valence-electron chi connectivity index (χ4n) is 4.07. The van der Waals surface area contributed by atoms with E-state index in [0.29, 0.717) is 34.8 Å². The first-order valence-corrected chi connectivity index (χ1v) is 12.3. The van der Waals surface area contributed by atoms with Gasteiger partial charge in [0.05, 0.1) is 16.9 Å². The summed E-state index contributed by atoms with van der Waals surface area (Å²) in [4.78, 5) is 12.1. The molecule has 2 aromatic carbocycles. The molecule has 9 nitrogen and oxygen atoms in total. The summed E-state index contributed by atoms with van der Waals surface area (Å²) in [7, 11) is 0. The first-order chi connectivity index (χ1) is 17.2. The van der Waals surface area contributed by atoms with Gasteiger partial charge < -0.3 is 30.1 Å². The summed E-state index contributed by atoms with van der Waals surface area (Å²) in [5, 5.41) is 14.5. The second kappa shape index (κ2) is 10.7. The largest absolute Gasteiger partial charge is 0.484 e. The van der Waals surface area contributed by atoms with Crippen molar-refractivity contribution >= 4 is 28.3 Å². The average Bonchev–Trinajstić information content (AvgIpc) is 3.38. The summed E-state index contributed by atoms with van der Waals surface area (Å²) in [6.45, 7) is 11.0. The lowest BCUT2D eigenvalue weighted by molar-refractivity contribution is 0.250. The number of carbonyl (C=O) groups is 1. The quantitative estimate of drug-likeness (QED) is 0.275. The van der Waals surface area contributed by atoms with Crippen LogP contribution in [0.5, 0.6) is 5.75 Å². The third-order valence-corrected chi connectivity index (χ3v) is 6.03. The summed E-state index contributed by atoms with van der Waals surface area (Å²) < 4.78 is 13.6. The highest BCUT2D eigenvalue weighted by Crippen LogP contribution is 2.39. The van der Waals surface area contributed by atoms with Gasteiger partial charge in [-0.2, -0.15) is 0 Å². The van der Waals surface area contributed by atoms with Crippen molar-refractivity contribution in [3.8, 4) is 17.0 Å². The highest BCUT2D eigenvalue weighted by molar-refractivity contribution is 6.01. The number of hydrogen-bond donors (Lipinski definition) is 3. The van der Waals surface area contributed by atoms with Gasteiger partial charge in [0, 0.05) is 42.2 Å². The average molecular weight is 491 g/mol. The van der Waals surface area contributed by atoms with Gasteiger partial charge in [-0.15, -0.1) is 10.2 Å². The molecule has 0 aliphatic carbocycles. The highest BCUT2D eigenvalue weighted by atomic mass is 16.5. The Balaban J connectivity index is 1.67. The number of aromatic nitrogens is 3. The van der Waals surface area contributed by atoms with Gasteiger partial charge in [0.15, 0.2) is 6.61 Å². The maximum absolute atomic E-state index is 12.1. The highest BCUT2D eigenvalue weighted by Gasteiger charge is 2.19. The summed E-state index contributed by atoms with van der Waals surface area (Å²) >= 11 is 0. The maximum Gasteiger partial charge on any atom is 0.319 e. The number of fused-ring (bicyclic) bond motifs is 1. The van der Waals surface area contributed by atoms with E-state index in [1.165, 1.54) is 0 Å². The molecule has 4 aromatic rings. The van der Waals surface area contributed by atoms with Crippen LogP contribution in [0.2, 0.25) is 0 Å². The van der Waals surface area contributed by atoms with E-state index in [-0.39, 0.29) is 18.7 Å². The summed E-state index contributed by atoms with van der Waals surface area (Å²) in [5.74, 6) is 2.08. The number of nitrogen functional groups attached to an aromatic ring is 1. The van der Waals surface area contributed by atoms with Crippen molar-refractivity contribution < 1.29 is 13.9 Å². The molecule has 4 rings (SSSR count).